The van der Waals surface area contributed by atoms with Gasteiger partial charge in [0.05, 0.1) is 0 Å². The van der Waals surface area contributed by atoms with Crippen LogP contribution in [-0.2, 0) is 22.6 Å². The molecule has 0 N–H and O–H groups in total. The second-order valence-corrected chi connectivity index (χ2v) is 2.58. The van der Waals surface area contributed by atoms with Crippen molar-refractivity contribution in [2.45, 2.75) is 20.0 Å². The van der Waals surface area contributed by atoms with E-state index in [4.69, 9.17) is 0 Å². The lowest BCUT2D eigenvalue weighted by Crippen LogP contribution is -1.90. The molecule has 0 saturated heterocycles. The fourth-order valence-electron chi connectivity index (χ4n) is 1.00. The van der Waals surface area contributed by atoms with Crippen molar-refractivity contribution in [1.29, 1.82) is 0 Å². The Morgan fingerprint density at radius 1 is 1.25 bits per heavy atom. The van der Waals surface area contributed by atoms with Crippen molar-refractivity contribution < 1.29 is 9.53 Å². The minimum absolute atomic E-state index is 0.369. The van der Waals surface area contributed by atoms with Gasteiger partial charge in [-0.05, 0) is 17.5 Å². The number of aryl methyl sites for hydroxylation is 1. The van der Waals surface area contributed by atoms with Crippen LogP contribution in [0.5, 0.6) is 0 Å². The molecule has 0 spiro atoms. The van der Waals surface area contributed by atoms with Crippen molar-refractivity contribution in [3.8, 4) is 0 Å². The van der Waals surface area contributed by atoms with Crippen LogP contribution in [0, 0.1) is 0 Å². The average Bonchev–Trinajstić information content (AvgIpc) is 2.15. The molecule has 2 heteroatoms. The van der Waals surface area contributed by atoms with Gasteiger partial charge in [-0.25, -0.2) is 0 Å². The van der Waals surface area contributed by atoms with E-state index >= 15 is 0 Å². The molecular formula is C10H12O2. The van der Waals surface area contributed by atoms with E-state index in [9.17, 15) is 4.79 Å². The van der Waals surface area contributed by atoms with E-state index in [0.717, 1.165) is 12.0 Å². The van der Waals surface area contributed by atoms with E-state index in [1.807, 2.05) is 24.3 Å². The molecule has 1 rings (SSSR count). The van der Waals surface area contributed by atoms with Gasteiger partial charge in [-0.3, -0.25) is 4.79 Å². The van der Waals surface area contributed by atoms with Crippen LogP contribution >= 0.6 is 0 Å². The fourth-order valence-corrected chi connectivity index (χ4v) is 1.00. The third kappa shape index (κ3) is 2.38. The summed E-state index contributed by atoms with van der Waals surface area (Å²) in [7, 11) is 0. The number of carbonyl (C=O) groups excluding carboxylic acids is 1. The Hall–Kier alpha value is -1.31. The van der Waals surface area contributed by atoms with Crippen molar-refractivity contribution in [2.24, 2.45) is 0 Å². The molecule has 0 aliphatic rings. The highest BCUT2D eigenvalue weighted by molar-refractivity contribution is 5.37. The summed E-state index contributed by atoms with van der Waals surface area (Å²) >= 11 is 0. The lowest BCUT2D eigenvalue weighted by atomic mass is 10.1. The van der Waals surface area contributed by atoms with E-state index in [1.54, 1.807) is 0 Å². The van der Waals surface area contributed by atoms with Gasteiger partial charge in [0.2, 0.25) is 0 Å². The van der Waals surface area contributed by atoms with Gasteiger partial charge in [0, 0.05) is 0 Å². The second-order valence-electron chi connectivity index (χ2n) is 2.58. The van der Waals surface area contributed by atoms with Crippen LogP contribution in [0.25, 0.3) is 0 Å². The molecule has 0 aromatic heterocycles. The molecule has 0 radical (unpaired) electrons. The number of ether oxygens (including phenoxy) is 1. The molecule has 0 aliphatic carbocycles. The molecule has 12 heavy (non-hydrogen) atoms. The predicted molar refractivity (Wildman–Crippen MR) is 46.7 cm³/mol. The Bertz CT molecular complexity index is 239. The molecule has 0 saturated carbocycles. The zero-order valence-corrected chi connectivity index (χ0v) is 7.12. The minimum atomic E-state index is 0.369. The van der Waals surface area contributed by atoms with Crippen LogP contribution in [0.2, 0.25) is 0 Å². The lowest BCUT2D eigenvalue weighted by molar-refractivity contribution is -0.129. The summed E-state index contributed by atoms with van der Waals surface area (Å²) in [6.07, 6.45) is 1.04. The quantitative estimate of drug-likeness (QED) is 0.635. The standard InChI is InChI=1S/C10H12O2/c1-2-9-3-5-10(6-4-9)7-12-8-11/h3-6,8H,2,7H2,1H3. The van der Waals surface area contributed by atoms with Gasteiger partial charge in [0.1, 0.15) is 6.61 Å². The van der Waals surface area contributed by atoms with Gasteiger partial charge >= 0.3 is 0 Å². The summed E-state index contributed by atoms with van der Waals surface area (Å²) in [6, 6.07) is 8.04. The van der Waals surface area contributed by atoms with Crippen molar-refractivity contribution >= 4 is 6.47 Å². The molecule has 0 atom stereocenters. The van der Waals surface area contributed by atoms with Gasteiger partial charge in [0.25, 0.3) is 6.47 Å². The first-order valence-corrected chi connectivity index (χ1v) is 4.00. The molecular weight excluding hydrogens is 152 g/mol. The van der Waals surface area contributed by atoms with E-state index in [0.29, 0.717) is 13.1 Å². The van der Waals surface area contributed by atoms with Crippen LogP contribution in [-0.4, -0.2) is 6.47 Å². The van der Waals surface area contributed by atoms with Crippen molar-refractivity contribution in [3.05, 3.63) is 35.4 Å². The summed E-state index contributed by atoms with van der Waals surface area (Å²) in [5, 5.41) is 0. The highest BCUT2D eigenvalue weighted by Crippen LogP contribution is 2.05. The van der Waals surface area contributed by atoms with Crippen molar-refractivity contribution in [3.63, 3.8) is 0 Å². The number of benzene rings is 1. The second kappa shape index (κ2) is 4.54. The topological polar surface area (TPSA) is 26.3 Å². The predicted octanol–water partition coefficient (Wildman–Crippen LogP) is 1.92. The average molecular weight is 164 g/mol. The van der Waals surface area contributed by atoms with E-state index in [-0.39, 0.29) is 0 Å². The molecule has 0 heterocycles. The Kier molecular flexibility index (Phi) is 3.33. The van der Waals surface area contributed by atoms with Crippen LogP contribution < -0.4 is 0 Å². The Morgan fingerprint density at radius 2 is 1.83 bits per heavy atom. The third-order valence-electron chi connectivity index (χ3n) is 1.75. The van der Waals surface area contributed by atoms with Gasteiger partial charge in [-0.15, -0.1) is 0 Å². The number of hydrogen-bond donors (Lipinski definition) is 0. The highest BCUT2D eigenvalue weighted by atomic mass is 16.5. The smallest absolute Gasteiger partial charge is 0.293 e. The van der Waals surface area contributed by atoms with Crippen LogP contribution in [0.15, 0.2) is 24.3 Å². The first-order chi connectivity index (χ1) is 5.86. The zero-order chi connectivity index (χ0) is 8.81. The zero-order valence-electron chi connectivity index (χ0n) is 7.12. The van der Waals surface area contributed by atoms with Gasteiger partial charge in [-0.2, -0.15) is 0 Å². The largest absolute Gasteiger partial charge is 0.463 e. The lowest BCUT2D eigenvalue weighted by Gasteiger charge is -2.00. The molecule has 0 fully saturated rings. The summed E-state index contributed by atoms with van der Waals surface area (Å²) in [4.78, 5) is 9.88. The molecule has 64 valence electrons. The summed E-state index contributed by atoms with van der Waals surface area (Å²) in [5.41, 5.74) is 2.32. The first-order valence-electron chi connectivity index (χ1n) is 4.00. The molecule has 1 aromatic carbocycles. The van der Waals surface area contributed by atoms with Gasteiger partial charge in [-0.1, -0.05) is 31.2 Å². The molecule has 0 aliphatic heterocycles. The molecule has 0 bridgehead atoms. The van der Waals surface area contributed by atoms with Gasteiger partial charge < -0.3 is 4.74 Å². The molecule has 2 nitrogen and oxygen atoms in total. The van der Waals surface area contributed by atoms with Crippen LogP contribution in [0.3, 0.4) is 0 Å². The SMILES string of the molecule is CCc1ccc(COC=O)cc1. The third-order valence-corrected chi connectivity index (χ3v) is 1.75. The summed E-state index contributed by atoms with van der Waals surface area (Å²) in [5.74, 6) is 0. The number of rotatable bonds is 4. The van der Waals surface area contributed by atoms with Crippen LogP contribution in [0.4, 0.5) is 0 Å². The van der Waals surface area contributed by atoms with Crippen molar-refractivity contribution in [2.75, 3.05) is 0 Å². The van der Waals surface area contributed by atoms with Crippen LogP contribution in [0.1, 0.15) is 18.1 Å². The van der Waals surface area contributed by atoms with E-state index in [2.05, 4.69) is 11.7 Å². The van der Waals surface area contributed by atoms with E-state index < -0.39 is 0 Å². The first kappa shape index (κ1) is 8.78. The summed E-state index contributed by atoms with van der Waals surface area (Å²) < 4.78 is 4.61. The number of carbonyl (C=O) groups is 1. The Labute approximate surface area is 72.2 Å². The maximum atomic E-state index is 9.88. The minimum Gasteiger partial charge on any atom is -0.463 e. The number of hydrogen-bond acceptors (Lipinski definition) is 2. The summed E-state index contributed by atoms with van der Waals surface area (Å²) in [6.45, 7) is 2.94. The van der Waals surface area contributed by atoms with Gasteiger partial charge in [0.15, 0.2) is 0 Å². The monoisotopic (exact) mass is 164 g/mol. The Balaban J connectivity index is 2.58. The Morgan fingerprint density at radius 3 is 2.33 bits per heavy atom. The normalized spacial score (nSPS) is 9.42. The highest BCUT2D eigenvalue weighted by Gasteiger charge is 1.92. The van der Waals surface area contributed by atoms with Crippen molar-refractivity contribution in [1.82, 2.24) is 0 Å². The molecule has 0 amide bonds. The fraction of sp³-hybridized carbons (Fsp3) is 0.300. The maximum Gasteiger partial charge on any atom is 0.293 e. The van der Waals surface area contributed by atoms with E-state index in [1.165, 1.54) is 5.56 Å². The molecule has 0 unspecified atom stereocenters. The maximum absolute atomic E-state index is 9.88. The molecule has 1 aromatic rings.